The number of rotatable bonds is 4. The van der Waals surface area contributed by atoms with Gasteiger partial charge in [-0.2, -0.15) is 0 Å². The normalized spacial score (nSPS) is 20.6. The highest BCUT2D eigenvalue weighted by molar-refractivity contribution is 5.89. The first kappa shape index (κ1) is 12.1. The molecule has 3 nitrogen and oxygen atoms in total. The number of likely N-dealkylation sites (tertiary alicyclic amines) is 1. The van der Waals surface area contributed by atoms with Crippen LogP contribution in [-0.2, 0) is 6.54 Å². The Morgan fingerprint density at radius 3 is 2.88 bits per heavy atom. The monoisotopic (exact) mass is 233 g/mol. The SMILES string of the molecule is CCC1CCN(Cc2ccccc2C(=O)O)C1. The zero-order valence-corrected chi connectivity index (χ0v) is 10.2. The number of benzene rings is 1. The lowest BCUT2D eigenvalue weighted by Gasteiger charge is -2.17. The maximum absolute atomic E-state index is 11.1. The maximum atomic E-state index is 11.1. The van der Waals surface area contributed by atoms with Crippen LogP contribution in [0.5, 0.6) is 0 Å². The molecule has 17 heavy (non-hydrogen) atoms. The van der Waals surface area contributed by atoms with E-state index in [4.69, 9.17) is 5.11 Å². The lowest BCUT2D eigenvalue weighted by atomic mass is 10.1. The molecule has 0 aliphatic carbocycles. The van der Waals surface area contributed by atoms with Crippen molar-refractivity contribution in [1.82, 2.24) is 4.90 Å². The van der Waals surface area contributed by atoms with Crippen LogP contribution in [0.2, 0.25) is 0 Å². The second kappa shape index (κ2) is 5.32. The maximum Gasteiger partial charge on any atom is 0.336 e. The molecule has 1 aromatic carbocycles. The molecule has 2 rings (SSSR count). The van der Waals surface area contributed by atoms with Crippen molar-refractivity contribution < 1.29 is 9.90 Å². The highest BCUT2D eigenvalue weighted by Gasteiger charge is 2.22. The third kappa shape index (κ3) is 2.86. The molecular weight excluding hydrogens is 214 g/mol. The van der Waals surface area contributed by atoms with Gasteiger partial charge in [0.15, 0.2) is 0 Å². The van der Waals surface area contributed by atoms with Gasteiger partial charge >= 0.3 is 5.97 Å². The molecule has 0 aromatic heterocycles. The Hall–Kier alpha value is -1.35. The molecule has 0 saturated carbocycles. The van der Waals surface area contributed by atoms with Crippen molar-refractivity contribution in [3.63, 3.8) is 0 Å². The fraction of sp³-hybridized carbons (Fsp3) is 0.500. The number of carbonyl (C=O) groups is 1. The molecule has 1 aliphatic heterocycles. The summed E-state index contributed by atoms with van der Waals surface area (Å²) in [5.41, 5.74) is 1.37. The third-order valence-corrected chi connectivity index (χ3v) is 3.59. The summed E-state index contributed by atoms with van der Waals surface area (Å²) in [7, 11) is 0. The molecule has 0 amide bonds. The molecule has 0 radical (unpaired) electrons. The van der Waals surface area contributed by atoms with Crippen molar-refractivity contribution in [3.8, 4) is 0 Å². The summed E-state index contributed by atoms with van der Waals surface area (Å²) >= 11 is 0. The van der Waals surface area contributed by atoms with Gasteiger partial charge in [-0.3, -0.25) is 4.90 Å². The van der Waals surface area contributed by atoms with Gasteiger partial charge in [0.2, 0.25) is 0 Å². The van der Waals surface area contributed by atoms with Gasteiger partial charge in [0.05, 0.1) is 5.56 Å². The Morgan fingerprint density at radius 1 is 1.47 bits per heavy atom. The molecule has 1 unspecified atom stereocenters. The third-order valence-electron chi connectivity index (χ3n) is 3.59. The lowest BCUT2D eigenvalue weighted by Crippen LogP contribution is -2.21. The number of hydrogen-bond acceptors (Lipinski definition) is 2. The summed E-state index contributed by atoms with van der Waals surface area (Å²) in [5.74, 6) is -0.0428. The van der Waals surface area contributed by atoms with Crippen molar-refractivity contribution in [1.29, 1.82) is 0 Å². The minimum absolute atomic E-state index is 0.437. The molecule has 0 spiro atoms. The van der Waals surface area contributed by atoms with E-state index in [2.05, 4.69) is 11.8 Å². The van der Waals surface area contributed by atoms with Crippen LogP contribution in [0.25, 0.3) is 0 Å². The van der Waals surface area contributed by atoms with Crippen molar-refractivity contribution >= 4 is 5.97 Å². The largest absolute Gasteiger partial charge is 0.478 e. The first-order valence-electron chi connectivity index (χ1n) is 6.24. The number of nitrogens with zero attached hydrogens (tertiary/aromatic N) is 1. The number of carboxylic acids is 1. The summed E-state index contributed by atoms with van der Waals surface area (Å²) in [6.07, 6.45) is 2.46. The van der Waals surface area contributed by atoms with Crippen LogP contribution in [0.4, 0.5) is 0 Å². The molecule has 1 N–H and O–H groups in total. The van der Waals surface area contributed by atoms with E-state index in [9.17, 15) is 4.79 Å². The van der Waals surface area contributed by atoms with Gasteiger partial charge < -0.3 is 5.11 Å². The summed E-state index contributed by atoms with van der Waals surface area (Å²) in [5, 5.41) is 9.12. The van der Waals surface area contributed by atoms with Gasteiger partial charge in [-0.1, -0.05) is 31.5 Å². The Balaban J connectivity index is 2.06. The zero-order chi connectivity index (χ0) is 12.3. The summed E-state index contributed by atoms with van der Waals surface area (Å²) in [6, 6.07) is 7.30. The van der Waals surface area contributed by atoms with E-state index in [0.717, 1.165) is 31.1 Å². The fourth-order valence-corrected chi connectivity index (χ4v) is 2.50. The van der Waals surface area contributed by atoms with E-state index in [1.807, 2.05) is 12.1 Å². The van der Waals surface area contributed by atoms with Gasteiger partial charge in [0, 0.05) is 13.1 Å². The predicted octanol–water partition coefficient (Wildman–Crippen LogP) is 2.62. The quantitative estimate of drug-likeness (QED) is 0.869. The van der Waals surface area contributed by atoms with E-state index >= 15 is 0 Å². The molecule has 1 fully saturated rings. The van der Waals surface area contributed by atoms with Gasteiger partial charge in [-0.15, -0.1) is 0 Å². The van der Waals surface area contributed by atoms with E-state index in [1.54, 1.807) is 12.1 Å². The first-order chi connectivity index (χ1) is 8.20. The summed E-state index contributed by atoms with van der Waals surface area (Å²) in [6.45, 7) is 5.18. The molecule has 1 atom stereocenters. The van der Waals surface area contributed by atoms with Crippen molar-refractivity contribution in [2.45, 2.75) is 26.3 Å². The number of hydrogen-bond donors (Lipinski definition) is 1. The van der Waals surface area contributed by atoms with Crippen LogP contribution in [-0.4, -0.2) is 29.1 Å². The topological polar surface area (TPSA) is 40.5 Å². The number of carboxylic acid groups (broad SMARTS) is 1. The Bertz CT molecular complexity index is 403. The highest BCUT2D eigenvalue weighted by atomic mass is 16.4. The van der Waals surface area contributed by atoms with E-state index in [1.165, 1.54) is 12.8 Å². The van der Waals surface area contributed by atoms with Crippen molar-refractivity contribution in [2.75, 3.05) is 13.1 Å². The summed E-state index contributed by atoms with van der Waals surface area (Å²) in [4.78, 5) is 13.5. The van der Waals surface area contributed by atoms with Gasteiger partial charge in [-0.25, -0.2) is 4.79 Å². The Kier molecular flexibility index (Phi) is 3.79. The lowest BCUT2D eigenvalue weighted by molar-refractivity contribution is 0.0694. The molecular formula is C14H19NO2. The van der Waals surface area contributed by atoms with Crippen molar-refractivity contribution in [3.05, 3.63) is 35.4 Å². The molecule has 3 heteroatoms. The average Bonchev–Trinajstić information content (AvgIpc) is 2.77. The van der Waals surface area contributed by atoms with Gasteiger partial charge in [0.1, 0.15) is 0 Å². The predicted molar refractivity (Wildman–Crippen MR) is 67.1 cm³/mol. The molecule has 0 bridgehead atoms. The van der Waals surface area contributed by atoms with Crippen LogP contribution < -0.4 is 0 Å². The van der Waals surface area contributed by atoms with Gasteiger partial charge in [0.25, 0.3) is 0 Å². The van der Waals surface area contributed by atoms with Gasteiger partial charge in [-0.05, 0) is 30.5 Å². The van der Waals surface area contributed by atoms with Crippen molar-refractivity contribution in [2.24, 2.45) is 5.92 Å². The second-order valence-electron chi connectivity index (χ2n) is 4.76. The molecule has 1 saturated heterocycles. The van der Waals surface area contributed by atoms with Crippen LogP contribution >= 0.6 is 0 Å². The molecule has 1 aromatic rings. The Labute approximate surface area is 102 Å². The second-order valence-corrected chi connectivity index (χ2v) is 4.76. The fourth-order valence-electron chi connectivity index (χ4n) is 2.50. The standard InChI is InChI=1S/C14H19NO2/c1-2-11-7-8-15(9-11)10-12-5-3-4-6-13(12)14(16)17/h3-6,11H,2,7-10H2,1H3,(H,16,17). The van der Waals surface area contributed by atoms with Crippen LogP contribution in [0.3, 0.4) is 0 Å². The zero-order valence-electron chi connectivity index (χ0n) is 10.2. The smallest absolute Gasteiger partial charge is 0.336 e. The van der Waals surface area contributed by atoms with E-state index < -0.39 is 5.97 Å². The molecule has 92 valence electrons. The minimum atomic E-state index is -0.827. The van der Waals surface area contributed by atoms with E-state index in [-0.39, 0.29) is 0 Å². The van der Waals surface area contributed by atoms with Crippen LogP contribution in [0.15, 0.2) is 24.3 Å². The number of aromatic carboxylic acids is 1. The first-order valence-corrected chi connectivity index (χ1v) is 6.24. The van der Waals surface area contributed by atoms with Crippen LogP contribution in [0, 0.1) is 5.92 Å². The highest BCUT2D eigenvalue weighted by Crippen LogP contribution is 2.22. The van der Waals surface area contributed by atoms with Crippen LogP contribution in [0.1, 0.15) is 35.7 Å². The van der Waals surface area contributed by atoms with E-state index in [0.29, 0.717) is 5.56 Å². The minimum Gasteiger partial charge on any atom is -0.478 e. The molecule has 1 heterocycles. The summed E-state index contributed by atoms with van der Waals surface area (Å²) < 4.78 is 0. The molecule has 1 aliphatic rings. The Morgan fingerprint density at radius 2 is 2.24 bits per heavy atom. The average molecular weight is 233 g/mol.